The van der Waals surface area contributed by atoms with Crippen LogP contribution in [0.15, 0.2) is 63.8 Å². The number of fused-ring (bicyclic) bond motifs is 1. The van der Waals surface area contributed by atoms with Gasteiger partial charge in [-0.2, -0.15) is 0 Å². The smallest absolute Gasteiger partial charge is 0.374 e. The number of hydrogen-bond acceptors (Lipinski definition) is 5. The number of esters is 1. The van der Waals surface area contributed by atoms with Crippen molar-refractivity contribution in [3.05, 3.63) is 66.5 Å². The molecule has 0 unspecified atom stereocenters. The van der Waals surface area contributed by atoms with Crippen LogP contribution in [0, 0.1) is 0 Å². The first-order valence-electron chi connectivity index (χ1n) is 8.65. The van der Waals surface area contributed by atoms with Crippen molar-refractivity contribution in [3.63, 3.8) is 0 Å². The van der Waals surface area contributed by atoms with Crippen LogP contribution in [0.4, 0.5) is 0 Å². The highest BCUT2D eigenvalue weighted by Crippen LogP contribution is 2.32. The van der Waals surface area contributed by atoms with Crippen LogP contribution >= 0.6 is 0 Å². The Kier molecular flexibility index (Phi) is 4.46. The minimum atomic E-state index is -0.457. The molecule has 0 aliphatic carbocycles. The molecule has 6 nitrogen and oxygen atoms in total. The molecule has 3 aromatic heterocycles. The first-order chi connectivity index (χ1) is 13.2. The van der Waals surface area contributed by atoms with Gasteiger partial charge in [0, 0.05) is 16.5 Å². The van der Waals surface area contributed by atoms with Crippen molar-refractivity contribution in [2.75, 3.05) is 13.7 Å². The summed E-state index contributed by atoms with van der Waals surface area (Å²) in [6.07, 6.45) is 3.35. The molecule has 0 saturated heterocycles. The highest BCUT2D eigenvalue weighted by Gasteiger charge is 2.16. The Bertz CT molecular complexity index is 1070. The number of ether oxygens (including phenoxy) is 2. The number of carbonyl (C=O) groups is 1. The molecule has 0 aliphatic heterocycles. The highest BCUT2D eigenvalue weighted by molar-refractivity contribution is 5.88. The molecule has 0 amide bonds. The zero-order valence-corrected chi connectivity index (χ0v) is 15.1. The third-order valence-corrected chi connectivity index (χ3v) is 4.38. The summed E-state index contributed by atoms with van der Waals surface area (Å²) < 4.78 is 23.4. The zero-order valence-electron chi connectivity index (χ0n) is 15.1. The summed E-state index contributed by atoms with van der Waals surface area (Å²) in [7, 11) is 1.65. The molecule has 27 heavy (non-hydrogen) atoms. The van der Waals surface area contributed by atoms with Gasteiger partial charge < -0.3 is 22.9 Å². The molecule has 0 radical (unpaired) electrons. The fourth-order valence-corrected chi connectivity index (χ4v) is 3.13. The van der Waals surface area contributed by atoms with Crippen molar-refractivity contribution in [1.29, 1.82) is 0 Å². The molecular formula is C21H19NO5. The van der Waals surface area contributed by atoms with E-state index in [1.54, 1.807) is 38.7 Å². The highest BCUT2D eigenvalue weighted by atomic mass is 16.5. The lowest BCUT2D eigenvalue weighted by Gasteiger charge is -2.08. The minimum Gasteiger partial charge on any atom is -0.497 e. The van der Waals surface area contributed by atoms with Crippen LogP contribution in [0.2, 0.25) is 0 Å². The third kappa shape index (κ3) is 3.21. The van der Waals surface area contributed by atoms with Crippen molar-refractivity contribution in [1.82, 2.24) is 4.57 Å². The molecule has 0 N–H and O–H groups in total. The lowest BCUT2D eigenvalue weighted by molar-refractivity contribution is 0.0488. The molecule has 6 heteroatoms. The van der Waals surface area contributed by atoms with Crippen molar-refractivity contribution in [2.24, 2.45) is 0 Å². The quantitative estimate of drug-likeness (QED) is 0.462. The Morgan fingerprint density at radius 1 is 1.15 bits per heavy atom. The fourth-order valence-electron chi connectivity index (χ4n) is 3.13. The number of furan rings is 2. The summed E-state index contributed by atoms with van der Waals surface area (Å²) in [6, 6.07) is 13.3. The lowest BCUT2D eigenvalue weighted by atomic mass is 10.2. The van der Waals surface area contributed by atoms with Gasteiger partial charge >= 0.3 is 5.97 Å². The second kappa shape index (κ2) is 7.07. The molecular weight excluding hydrogens is 346 g/mol. The molecule has 0 bridgehead atoms. The molecule has 138 valence electrons. The Hall–Kier alpha value is -3.41. The van der Waals surface area contributed by atoms with Gasteiger partial charge in [-0.05, 0) is 49.4 Å². The van der Waals surface area contributed by atoms with Crippen LogP contribution in [-0.2, 0) is 11.3 Å². The van der Waals surface area contributed by atoms with E-state index in [9.17, 15) is 4.79 Å². The molecule has 4 aromatic rings. The second-order valence-electron chi connectivity index (χ2n) is 6.04. The predicted molar refractivity (Wildman–Crippen MR) is 100.0 cm³/mol. The van der Waals surface area contributed by atoms with E-state index in [0.29, 0.717) is 18.9 Å². The van der Waals surface area contributed by atoms with Crippen LogP contribution < -0.4 is 4.74 Å². The predicted octanol–water partition coefficient (Wildman–Crippen LogP) is 4.73. The lowest BCUT2D eigenvalue weighted by Crippen LogP contribution is -2.03. The van der Waals surface area contributed by atoms with Crippen molar-refractivity contribution in [2.45, 2.75) is 13.5 Å². The Morgan fingerprint density at radius 2 is 2.04 bits per heavy atom. The number of methoxy groups -OCH3 is 1. The van der Waals surface area contributed by atoms with Crippen LogP contribution in [0.3, 0.4) is 0 Å². The number of hydrogen-bond donors (Lipinski definition) is 0. The standard InChI is InChI=1S/C21H19NO5/c1-3-26-21(23)20-7-5-17(27-20)12-22-18-6-4-16(24-2)10-15(18)11-19(22)14-8-9-25-13-14/h4-11,13H,3,12H2,1-2H3. The van der Waals surface area contributed by atoms with Gasteiger partial charge in [-0.25, -0.2) is 4.79 Å². The maximum absolute atomic E-state index is 11.8. The van der Waals surface area contributed by atoms with E-state index in [1.807, 2.05) is 24.3 Å². The number of aromatic nitrogens is 1. The summed E-state index contributed by atoms with van der Waals surface area (Å²) in [4.78, 5) is 11.8. The third-order valence-electron chi connectivity index (χ3n) is 4.38. The van der Waals surface area contributed by atoms with E-state index in [0.717, 1.165) is 27.9 Å². The van der Waals surface area contributed by atoms with Gasteiger partial charge in [-0.3, -0.25) is 0 Å². The zero-order chi connectivity index (χ0) is 18.8. The van der Waals surface area contributed by atoms with Crippen molar-refractivity contribution in [3.8, 4) is 17.0 Å². The van der Waals surface area contributed by atoms with Gasteiger partial charge in [0.25, 0.3) is 0 Å². The van der Waals surface area contributed by atoms with Gasteiger partial charge in [0.05, 0.1) is 38.5 Å². The molecule has 1 aromatic carbocycles. The fraction of sp³-hybridized carbons (Fsp3) is 0.190. The first kappa shape index (κ1) is 17.0. The summed E-state index contributed by atoms with van der Waals surface area (Å²) in [5, 5.41) is 1.04. The summed E-state index contributed by atoms with van der Waals surface area (Å²) in [5.74, 6) is 1.20. The normalized spacial score (nSPS) is 11.0. The van der Waals surface area contributed by atoms with Gasteiger partial charge in [-0.1, -0.05) is 0 Å². The largest absolute Gasteiger partial charge is 0.497 e. The van der Waals surface area contributed by atoms with Crippen LogP contribution in [0.25, 0.3) is 22.2 Å². The Balaban J connectivity index is 1.76. The number of nitrogens with zero attached hydrogens (tertiary/aromatic N) is 1. The van der Waals surface area contributed by atoms with E-state index in [1.165, 1.54) is 0 Å². The molecule has 0 fully saturated rings. The second-order valence-corrected chi connectivity index (χ2v) is 6.04. The monoisotopic (exact) mass is 365 g/mol. The van der Waals surface area contributed by atoms with Gasteiger partial charge in [-0.15, -0.1) is 0 Å². The number of benzene rings is 1. The summed E-state index contributed by atoms with van der Waals surface area (Å²) in [5.41, 5.74) is 2.98. The topological polar surface area (TPSA) is 66.7 Å². The van der Waals surface area contributed by atoms with E-state index >= 15 is 0 Å². The number of rotatable bonds is 6. The first-order valence-corrected chi connectivity index (χ1v) is 8.65. The Morgan fingerprint density at radius 3 is 2.78 bits per heavy atom. The molecule has 0 saturated carbocycles. The minimum absolute atomic E-state index is 0.204. The van der Waals surface area contributed by atoms with E-state index < -0.39 is 5.97 Å². The maximum Gasteiger partial charge on any atom is 0.374 e. The van der Waals surface area contributed by atoms with Gasteiger partial charge in [0.15, 0.2) is 0 Å². The average Bonchev–Trinajstić information content (AvgIpc) is 3.42. The molecule has 3 heterocycles. The molecule has 0 atom stereocenters. The van der Waals surface area contributed by atoms with Gasteiger partial charge in [0.2, 0.25) is 5.76 Å². The van der Waals surface area contributed by atoms with Crippen LogP contribution in [-0.4, -0.2) is 24.3 Å². The van der Waals surface area contributed by atoms with Gasteiger partial charge in [0.1, 0.15) is 11.5 Å². The molecule has 4 rings (SSSR count). The average molecular weight is 365 g/mol. The van der Waals surface area contributed by atoms with Crippen molar-refractivity contribution >= 4 is 16.9 Å². The summed E-state index contributed by atoms with van der Waals surface area (Å²) in [6.45, 7) is 2.54. The van der Waals surface area contributed by atoms with E-state index in [4.69, 9.17) is 18.3 Å². The molecule has 0 spiro atoms. The van der Waals surface area contributed by atoms with E-state index in [2.05, 4.69) is 10.6 Å². The van der Waals surface area contributed by atoms with E-state index in [-0.39, 0.29) is 5.76 Å². The van der Waals surface area contributed by atoms with Crippen LogP contribution in [0.1, 0.15) is 23.2 Å². The summed E-state index contributed by atoms with van der Waals surface area (Å²) >= 11 is 0. The Labute approximate surface area is 155 Å². The SMILES string of the molecule is CCOC(=O)c1ccc(Cn2c(-c3ccoc3)cc3cc(OC)ccc32)o1. The van der Waals surface area contributed by atoms with Crippen LogP contribution in [0.5, 0.6) is 5.75 Å². The maximum atomic E-state index is 11.8. The molecule has 0 aliphatic rings. The van der Waals surface area contributed by atoms with Crippen molar-refractivity contribution < 1.29 is 23.1 Å². The number of carbonyl (C=O) groups excluding carboxylic acids is 1.